The van der Waals surface area contributed by atoms with Crippen molar-refractivity contribution >= 4 is 24.8 Å². The lowest BCUT2D eigenvalue weighted by molar-refractivity contribution is 0.0516. The highest BCUT2D eigenvalue weighted by molar-refractivity contribution is 6.99. The SMILES string of the molecule is CC(C)(C)OC(=O)NC[C@H](CO[Si](c1ccccc1)(c1ccccc1)C(C)(C)C)NC(c1ccccc1)(c1ccccc1)c1ccccc1. The Labute approximate surface area is 293 Å². The van der Waals surface area contributed by atoms with E-state index in [9.17, 15) is 4.79 Å². The Bertz CT molecular complexity index is 1600. The summed E-state index contributed by atoms with van der Waals surface area (Å²) in [7, 11) is -2.90. The molecule has 0 heterocycles. The first-order valence-corrected chi connectivity index (χ1v) is 19.0. The van der Waals surface area contributed by atoms with Gasteiger partial charge >= 0.3 is 6.09 Å². The second kappa shape index (κ2) is 15.4. The molecule has 5 aromatic carbocycles. The molecule has 0 unspecified atom stereocenters. The summed E-state index contributed by atoms with van der Waals surface area (Å²) in [6, 6.07) is 52.5. The van der Waals surface area contributed by atoms with Gasteiger partial charge in [0, 0.05) is 12.6 Å². The van der Waals surface area contributed by atoms with E-state index in [1.54, 1.807) is 0 Å². The van der Waals surface area contributed by atoms with E-state index in [1.807, 2.05) is 39.0 Å². The Hall–Kier alpha value is -4.49. The number of nitrogens with one attached hydrogen (secondary N) is 2. The normalized spacial score (nSPS) is 13.0. The van der Waals surface area contributed by atoms with E-state index >= 15 is 0 Å². The number of amides is 1. The zero-order chi connectivity index (χ0) is 35.0. The molecule has 5 aromatic rings. The van der Waals surface area contributed by atoms with Crippen LogP contribution in [0.15, 0.2) is 152 Å². The van der Waals surface area contributed by atoms with Gasteiger partial charge in [-0.3, -0.25) is 5.32 Å². The van der Waals surface area contributed by atoms with Gasteiger partial charge in [0.15, 0.2) is 0 Å². The topological polar surface area (TPSA) is 59.6 Å². The van der Waals surface area contributed by atoms with E-state index in [2.05, 4.69) is 165 Å². The number of hydrogen-bond acceptors (Lipinski definition) is 4. The zero-order valence-electron chi connectivity index (χ0n) is 29.7. The van der Waals surface area contributed by atoms with Gasteiger partial charge in [0.05, 0.1) is 12.1 Å². The summed E-state index contributed by atoms with van der Waals surface area (Å²) >= 11 is 0. The van der Waals surface area contributed by atoms with Crippen LogP contribution in [-0.4, -0.2) is 39.2 Å². The molecule has 254 valence electrons. The average Bonchev–Trinajstić information content (AvgIpc) is 3.10. The van der Waals surface area contributed by atoms with Crippen LogP contribution in [0.25, 0.3) is 0 Å². The average molecular weight is 671 g/mol. The van der Waals surface area contributed by atoms with E-state index in [0.29, 0.717) is 6.61 Å². The fourth-order valence-electron chi connectivity index (χ4n) is 6.78. The first kappa shape index (κ1) is 35.8. The van der Waals surface area contributed by atoms with Gasteiger partial charge in [-0.2, -0.15) is 0 Å². The molecular formula is C43H50N2O3Si. The lowest BCUT2D eigenvalue weighted by atomic mass is 9.76. The number of rotatable bonds is 12. The smallest absolute Gasteiger partial charge is 0.407 e. The molecule has 0 aliphatic heterocycles. The van der Waals surface area contributed by atoms with Crippen LogP contribution in [0.2, 0.25) is 5.04 Å². The second-order valence-electron chi connectivity index (χ2n) is 14.5. The number of hydrogen-bond donors (Lipinski definition) is 2. The van der Waals surface area contributed by atoms with Crippen molar-refractivity contribution in [1.29, 1.82) is 0 Å². The number of carbonyl (C=O) groups excluding carboxylic acids is 1. The third kappa shape index (κ3) is 8.22. The molecule has 0 saturated carbocycles. The van der Waals surface area contributed by atoms with Gasteiger partial charge in [-0.1, -0.05) is 172 Å². The van der Waals surface area contributed by atoms with Crippen molar-refractivity contribution in [3.8, 4) is 0 Å². The zero-order valence-corrected chi connectivity index (χ0v) is 30.7. The highest BCUT2D eigenvalue weighted by atomic mass is 28.4. The molecule has 0 aliphatic rings. The maximum absolute atomic E-state index is 13.1. The largest absolute Gasteiger partial charge is 0.444 e. The van der Waals surface area contributed by atoms with Crippen molar-refractivity contribution in [3.63, 3.8) is 0 Å². The van der Waals surface area contributed by atoms with Gasteiger partial charge in [0.25, 0.3) is 8.32 Å². The predicted octanol–water partition coefficient (Wildman–Crippen LogP) is 8.04. The molecule has 0 aliphatic carbocycles. The molecular weight excluding hydrogens is 621 g/mol. The van der Waals surface area contributed by atoms with E-state index < -0.39 is 25.6 Å². The van der Waals surface area contributed by atoms with Crippen LogP contribution in [0.4, 0.5) is 4.79 Å². The molecule has 0 aromatic heterocycles. The molecule has 0 bridgehead atoms. The molecule has 0 radical (unpaired) electrons. The third-order valence-corrected chi connectivity index (χ3v) is 13.9. The molecule has 49 heavy (non-hydrogen) atoms. The molecule has 0 fully saturated rings. The molecule has 2 N–H and O–H groups in total. The summed E-state index contributed by atoms with van der Waals surface area (Å²) in [6.45, 7) is 13.1. The Morgan fingerprint density at radius 3 is 1.31 bits per heavy atom. The summed E-state index contributed by atoms with van der Waals surface area (Å²) in [5.74, 6) is 0. The number of benzene rings is 5. The quantitative estimate of drug-likeness (QED) is 0.104. The molecule has 0 spiro atoms. The van der Waals surface area contributed by atoms with Crippen molar-refractivity contribution in [2.24, 2.45) is 0 Å². The van der Waals surface area contributed by atoms with E-state index in [-0.39, 0.29) is 17.6 Å². The van der Waals surface area contributed by atoms with Crippen LogP contribution in [-0.2, 0) is 14.7 Å². The lowest BCUT2D eigenvalue weighted by Gasteiger charge is -2.45. The van der Waals surface area contributed by atoms with Gasteiger partial charge in [0.1, 0.15) is 5.60 Å². The fourth-order valence-corrected chi connectivity index (χ4v) is 11.4. The first-order valence-electron chi connectivity index (χ1n) is 17.1. The van der Waals surface area contributed by atoms with Crippen LogP contribution < -0.4 is 21.0 Å². The summed E-state index contributed by atoms with van der Waals surface area (Å²) in [5, 5.41) is 9.36. The highest BCUT2D eigenvalue weighted by Gasteiger charge is 2.51. The Balaban J connectivity index is 1.65. The molecule has 0 saturated heterocycles. The van der Waals surface area contributed by atoms with Gasteiger partial charge < -0.3 is 14.5 Å². The summed E-state index contributed by atoms with van der Waals surface area (Å²) in [4.78, 5) is 13.1. The Morgan fingerprint density at radius 1 is 0.592 bits per heavy atom. The van der Waals surface area contributed by atoms with Crippen LogP contribution in [0, 0.1) is 0 Å². The van der Waals surface area contributed by atoms with Crippen molar-refractivity contribution in [3.05, 3.63) is 168 Å². The van der Waals surface area contributed by atoms with Gasteiger partial charge in [-0.05, 0) is 52.9 Å². The van der Waals surface area contributed by atoms with E-state index in [0.717, 1.165) is 16.7 Å². The van der Waals surface area contributed by atoms with Crippen molar-refractivity contribution < 1.29 is 14.0 Å². The predicted molar refractivity (Wildman–Crippen MR) is 204 cm³/mol. The van der Waals surface area contributed by atoms with Crippen LogP contribution >= 0.6 is 0 Å². The van der Waals surface area contributed by atoms with Gasteiger partial charge in [0.2, 0.25) is 0 Å². The molecule has 1 amide bonds. The monoisotopic (exact) mass is 670 g/mol. The highest BCUT2D eigenvalue weighted by Crippen LogP contribution is 2.39. The van der Waals surface area contributed by atoms with Gasteiger partial charge in [-0.25, -0.2) is 4.79 Å². The van der Waals surface area contributed by atoms with E-state index in [1.165, 1.54) is 10.4 Å². The minimum atomic E-state index is -2.90. The minimum absolute atomic E-state index is 0.214. The minimum Gasteiger partial charge on any atom is -0.444 e. The maximum atomic E-state index is 13.1. The number of carbonyl (C=O) groups is 1. The summed E-state index contributed by atoms with van der Waals surface area (Å²) in [5.41, 5.74) is 1.86. The lowest BCUT2D eigenvalue weighted by Crippen LogP contribution is -2.68. The van der Waals surface area contributed by atoms with Crippen LogP contribution in [0.5, 0.6) is 0 Å². The summed E-state index contributed by atoms with van der Waals surface area (Å²) in [6.07, 6.45) is -0.463. The third-order valence-electron chi connectivity index (χ3n) is 8.85. The van der Waals surface area contributed by atoms with Crippen molar-refractivity contribution in [2.45, 2.75) is 63.8 Å². The van der Waals surface area contributed by atoms with Crippen LogP contribution in [0.1, 0.15) is 58.2 Å². The second-order valence-corrected chi connectivity index (χ2v) is 18.9. The Morgan fingerprint density at radius 2 is 0.959 bits per heavy atom. The standard InChI is InChI=1S/C43H50N2O3Si/c1-41(2,3)48-40(46)44-32-37(33-47-49(42(4,5)6,38-28-18-10-19-29-38)39-30-20-11-21-31-39)45-43(34-22-12-7-13-23-34,35-24-14-8-15-25-35)36-26-16-9-17-27-36/h7-31,37,45H,32-33H2,1-6H3,(H,44,46)/t37-/m1/s1. The number of alkyl carbamates (subject to hydrolysis) is 1. The molecule has 1 atom stereocenters. The fraction of sp³-hybridized carbons (Fsp3) is 0.279. The summed E-state index contributed by atoms with van der Waals surface area (Å²) < 4.78 is 13.2. The van der Waals surface area contributed by atoms with E-state index in [4.69, 9.17) is 9.16 Å². The Kier molecular flexibility index (Phi) is 11.2. The van der Waals surface area contributed by atoms with Crippen LogP contribution in [0.3, 0.4) is 0 Å². The molecule has 6 heteroatoms. The molecule has 5 nitrogen and oxygen atoms in total. The van der Waals surface area contributed by atoms with Gasteiger partial charge in [-0.15, -0.1) is 0 Å². The molecule has 5 rings (SSSR count). The number of ether oxygens (including phenoxy) is 1. The van der Waals surface area contributed by atoms with Crippen molar-refractivity contribution in [1.82, 2.24) is 10.6 Å². The van der Waals surface area contributed by atoms with Crippen molar-refractivity contribution in [2.75, 3.05) is 13.2 Å². The maximum Gasteiger partial charge on any atom is 0.407 e. The first-order chi connectivity index (χ1) is 23.5.